The minimum atomic E-state index is -0.840. The second-order valence-electron chi connectivity index (χ2n) is 3.70. The highest BCUT2D eigenvalue weighted by atomic mass is 32.2. The predicted molar refractivity (Wildman–Crippen MR) is 64.8 cm³/mol. The molecule has 0 unspecified atom stereocenters. The van der Waals surface area contributed by atoms with Crippen LogP contribution in [0.3, 0.4) is 0 Å². The number of benzene rings is 1. The van der Waals surface area contributed by atoms with Gasteiger partial charge in [0.2, 0.25) is 0 Å². The van der Waals surface area contributed by atoms with E-state index in [1.54, 1.807) is 10.6 Å². The van der Waals surface area contributed by atoms with E-state index in [-0.39, 0.29) is 0 Å². The average molecular weight is 270 g/mol. The van der Waals surface area contributed by atoms with E-state index < -0.39 is 11.6 Å². The van der Waals surface area contributed by atoms with Crippen molar-refractivity contribution in [2.24, 2.45) is 12.8 Å². The molecule has 0 atom stereocenters. The molecular weight excluding hydrogens is 258 g/mol. The molecule has 0 aliphatic carbocycles. The van der Waals surface area contributed by atoms with Crippen LogP contribution in [0.1, 0.15) is 11.4 Å². The zero-order valence-corrected chi connectivity index (χ0v) is 10.5. The molecule has 0 amide bonds. The number of nitrogens with zero attached hydrogens (tertiary/aromatic N) is 3. The van der Waals surface area contributed by atoms with Crippen molar-refractivity contribution in [2.45, 2.75) is 17.5 Å². The van der Waals surface area contributed by atoms with E-state index in [0.717, 1.165) is 6.07 Å². The predicted octanol–water partition coefficient (Wildman–Crippen LogP) is 1.84. The van der Waals surface area contributed by atoms with Gasteiger partial charge in [-0.1, -0.05) is 17.8 Å². The largest absolute Gasteiger partial charge is 0.324 e. The van der Waals surface area contributed by atoms with Crippen LogP contribution in [-0.4, -0.2) is 14.8 Å². The topological polar surface area (TPSA) is 56.7 Å². The quantitative estimate of drug-likeness (QED) is 0.861. The van der Waals surface area contributed by atoms with Crippen LogP contribution in [0, 0.1) is 11.6 Å². The van der Waals surface area contributed by atoms with Crippen LogP contribution in [0.15, 0.2) is 23.4 Å². The molecule has 2 aromatic rings. The molecule has 1 aromatic heterocycles. The van der Waals surface area contributed by atoms with Gasteiger partial charge in [-0.15, -0.1) is 10.2 Å². The lowest BCUT2D eigenvalue weighted by molar-refractivity contribution is 0.507. The van der Waals surface area contributed by atoms with Gasteiger partial charge in [0, 0.05) is 12.8 Å². The molecule has 0 radical (unpaired) electrons. The Morgan fingerprint density at radius 1 is 1.28 bits per heavy atom. The normalized spacial score (nSPS) is 10.9. The third-order valence-electron chi connectivity index (χ3n) is 2.46. The van der Waals surface area contributed by atoms with Crippen molar-refractivity contribution in [3.8, 4) is 0 Å². The van der Waals surface area contributed by atoms with Gasteiger partial charge in [-0.05, 0) is 17.7 Å². The standard InChI is InChI=1S/C11H12F2N4S/c1-17-10(5-14)15-16-11(17)18-6-7-2-3-8(12)9(13)4-7/h2-4H,5-6,14H2,1H3. The van der Waals surface area contributed by atoms with Gasteiger partial charge in [-0.3, -0.25) is 0 Å². The van der Waals surface area contributed by atoms with Gasteiger partial charge in [0.05, 0.1) is 6.54 Å². The molecule has 2 rings (SSSR count). The van der Waals surface area contributed by atoms with Crippen molar-refractivity contribution in [3.05, 3.63) is 41.2 Å². The smallest absolute Gasteiger partial charge is 0.191 e. The maximum atomic E-state index is 13.0. The van der Waals surface area contributed by atoms with Crippen LogP contribution in [0.5, 0.6) is 0 Å². The first-order valence-electron chi connectivity index (χ1n) is 5.27. The monoisotopic (exact) mass is 270 g/mol. The van der Waals surface area contributed by atoms with Crippen LogP contribution < -0.4 is 5.73 Å². The van der Waals surface area contributed by atoms with Crippen molar-refractivity contribution < 1.29 is 8.78 Å². The van der Waals surface area contributed by atoms with E-state index in [1.165, 1.54) is 17.8 Å². The number of nitrogens with two attached hydrogens (primary N) is 1. The van der Waals surface area contributed by atoms with Crippen LogP contribution in [0.2, 0.25) is 0 Å². The van der Waals surface area contributed by atoms with Gasteiger partial charge < -0.3 is 10.3 Å². The van der Waals surface area contributed by atoms with E-state index in [4.69, 9.17) is 5.73 Å². The first-order chi connectivity index (χ1) is 8.61. The summed E-state index contributed by atoms with van der Waals surface area (Å²) in [6, 6.07) is 3.85. The SMILES string of the molecule is Cn1c(CN)nnc1SCc1ccc(F)c(F)c1. The van der Waals surface area contributed by atoms with Crippen molar-refractivity contribution in [3.63, 3.8) is 0 Å². The fraction of sp³-hybridized carbons (Fsp3) is 0.273. The van der Waals surface area contributed by atoms with E-state index in [0.29, 0.717) is 28.8 Å². The van der Waals surface area contributed by atoms with E-state index >= 15 is 0 Å². The minimum absolute atomic E-state index is 0.315. The maximum absolute atomic E-state index is 13.0. The number of thioether (sulfide) groups is 1. The summed E-state index contributed by atoms with van der Waals surface area (Å²) >= 11 is 1.40. The summed E-state index contributed by atoms with van der Waals surface area (Å²) in [7, 11) is 1.82. The van der Waals surface area contributed by atoms with Gasteiger partial charge in [0.15, 0.2) is 16.8 Å². The Bertz CT molecular complexity index is 556. The zero-order valence-electron chi connectivity index (χ0n) is 9.73. The van der Waals surface area contributed by atoms with Gasteiger partial charge in [0.1, 0.15) is 5.82 Å². The summed E-state index contributed by atoms with van der Waals surface area (Å²) in [5.74, 6) is -0.502. The molecule has 0 aliphatic rings. The van der Waals surface area contributed by atoms with Gasteiger partial charge in [-0.25, -0.2) is 8.78 Å². The first-order valence-corrected chi connectivity index (χ1v) is 6.25. The fourth-order valence-corrected chi connectivity index (χ4v) is 2.30. The summed E-state index contributed by atoms with van der Waals surface area (Å²) in [5, 5.41) is 8.58. The molecule has 0 spiro atoms. The molecule has 0 saturated heterocycles. The Morgan fingerprint density at radius 3 is 2.67 bits per heavy atom. The van der Waals surface area contributed by atoms with Gasteiger partial charge >= 0.3 is 0 Å². The molecular formula is C11H12F2N4S. The fourth-order valence-electron chi connectivity index (χ4n) is 1.43. The Labute approximate surface area is 107 Å². The summed E-state index contributed by atoms with van der Waals surface area (Å²) in [6.07, 6.45) is 0. The number of aromatic nitrogens is 3. The molecule has 18 heavy (non-hydrogen) atoms. The van der Waals surface area contributed by atoms with Crippen molar-refractivity contribution in [1.29, 1.82) is 0 Å². The molecule has 0 saturated carbocycles. The number of hydrogen-bond donors (Lipinski definition) is 1. The average Bonchev–Trinajstić information content (AvgIpc) is 2.72. The highest BCUT2D eigenvalue weighted by Crippen LogP contribution is 2.21. The maximum Gasteiger partial charge on any atom is 0.191 e. The lowest BCUT2D eigenvalue weighted by Crippen LogP contribution is -2.05. The van der Waals surface area contributed by atoms with Crippen molar-refractivity contribution >= 4 is 11.8 Å². The van der Waals surface area contributed by atoms with Crippen LogP contribution in [0.4, 0.5) is 8.78 Å². The molecule has 2 N–H and O–H groups in total. The molecule has 7 heteroatoms. The second kappa shape index (κ2) is 5.45. The van der Waals surface area contributed by atoms with E-state index in [2.05, 4.69) is 10.2 Å². The first kappa shape index (κ1) is 13.0. The van der Waals surface area contributed by atoms with E-state index in [9.17, 15) is 8.78 Å². The second-order valence-corrected chi connectivity index (χ2v) is 4.64. The highest BCUT2D eigenvalue weighted by Gasteiger charge is 2.09. The van der Waals surface area contributed by atoms with Crippen molar-refractivity contribution in [1.82, 2.24) is 14.8 Å². The summed E-state index contributed by atoms with van der Waals surface area (Å²) in [6.45, 7) is 0.315. The lowest BCUT2D eigenvalue weighted by atomic mass is 10.2. The zero-order chi connectivity index (χ0) is 13.1. The van der Waals surface area contributed by atoms with Crippen LogP contribution in [-0.2, 0) is 19.3 Å². The molecule has 4 nitrogen and oxygen atoms in total. The minimum Gasteiger partial charge on any atom is -0.324 e. The summed E-state index contributed by atoms with van der Waals surface area (Å²) in [4.78, 5) is 0. The molecule has 0 aliphatic heterocycles. The summed E-state index contributed by atoms with van der Waals surface area (Å²) < 4.78 is 27.5. The number of rotatable bonds is 4. The summed E-state index contributed by atoms with van der Waals surface area (Å²) in [5.41, 5.74) is 6.17. The number of hydrogen-bond acceptors (Lipinski definition) is 4. The Morgan fingerprint density at radius 2 is 2.06 bits per heavy atom. The molecule has 0 bridgehead atoms. The van der Waals surface area contributed by atoms with Gasteiger partial charge in [0.25, 0.3) is 0 Å². The molecule has 1 heterocycles. The molecule has 1 aromatic carbocycles. The highest BCUT2D eigenvalue weighted by molar-refractivity contribution is 7.98. The van der Waals surface area contributed by atoms with E-state index in [1.807, 2.05) is 7.05 Å². The van der Waals surface area contributed by atoms with Gasteiger partial charge in [-0.2, -0.15) is 0 Å². The Hall–Kier alpha value is -1.47. The van der Waals surface area contributed by atoms with Crippen LogP contribution in [0.25, 0.3) is 0 Å². The molecule has 96 valence electrons. The number of halogens is 2. The third-order valence-corrected chi connectivity index (χ3v) is 3.55. The third kappa shape index (κ3) is 2.68. The Kier molecular flexibility index (Phi) is 3.93. The van der Waals surface area contributed by atoms with Crippen LogP contribution >= 0.6 is 11.8 Å². The lowest BCUT2D eigenvalue weighted by Gasteiger charge is -2.03. The Balaban J connectivity index is 2.06. The van der Waals surface area contributed by atoms with Crippen molar-refractivity contribution in [2.75, 3.05) is 0 Å². The molecule has 0 fully saturated rings.